The van der Waals surface area contributed by atoms with Gasteiger partial charge in [-0.1, -0.05) is 6.07 Å². The topological polar surface area (TPSA) is 131 Å². The molecule has 36 heavy (non-hydrogen) atoms. The van der Waals surface area contributed by atoms with Gasteiger partial charge in [0.25, 0.3) is 5.69 Å². The number of nitrogens with one attached hydrogen (secondary N) is 1. The van der Waals surface area contributed by atoms with Crippen LogP contribution in [-0.4, -0.2) is 47.6 Å². The number of fused-ring (bicyclic) bond motifs is 1. The summed E-state index contributed by atoms with van der Waals surface area (Å²) in [6, 6.07) is 2.74. The molecule has 2 aliphatic carbocycles. The van der Waals surface area contributed by atoms with E-state index in [1.807, 2.05) is 21.0 Å². The maximum absolute atomic E-state index is 12.4. The predicted molar refractivity (Wildman–Crippen MR) is 142 cm³/mol. The highest BCUT2D eigenvalue weighted by molar-refractivity contribution is 5.94. The Balaban J connectivity index is 1.44. The molecule has 1 saturated carbocycles. The Morgan fingerprint density at radius 3 is 2.47 bits per heavy atom. The zero-order chi connectivity index (χ0) is 26.0. The third-order valence-corrected chi connectivity index (χ3v) is 7.62. The molecule has 4 rings (SSSR count). The number of nitro groups is 1. The maximum atomic E-state index is 12.4. The summed E-state index contributed by atoms with van der Waals surface area (Å²) in [7, 11) is 4.05. The van der Waals surface area contributed by atoms with E-state index in [0.717, 1.165) is 62.0 Å². The van der Waals surface area contributed by atoms with Gasteiger partial charge in [-0.3, -0.25) is 15.0 Å². The van der Waals surface area contributed by atoms with Crippen molar-refractivity contribution < 1.29 is 9.72 Å². The summed E-state index contributed by atoms with van der Waals surface area (Å²) in [6.07, 6.45) is 7.94. The van der Waals surface area contributed by atoms with Crippen molar-refractivity contribution in [2.45, 2.75) is 71.3 Å². The average Bonchev–Trinajstić information content (AvgIpc) is 2.84. The van der Waals surface area contributed by atoms with E-state index in [-0.39, 0.29) is 17.6 Å². The van der Waals surface area contributed by atoms with Crippen LogP contribution >= 0.6 is 0 Å². The first-order valence-electron chi connectivity index (χ1n) is 12.8. The Bertz CT molecular complexity index is 1140. The molecule has 10 nitrogen and oxygen atoms in total. The normalized spacial score (nSPS) is 19.3. The number of nitrogens with zero attached hydrogens (tertiary/aromatic N) is 5. The minimum Gasteiger partial charge on any atom is -0.362 e. The molecule has 0 radical (unpaired) electrons. The third kappa shape index (κ3) is 5.37. The van der Waals surface area contributed by atoms with Crippen LogP contribution in [0.25, 0.3) is 0 Å². The summed E-state index contributed by atoms with van der Waals surface area (Å²) in [4.78, 5) is 36.8. The quantitative estimate of drug-likeness (QED) is 0.427. The van der Waals surface area contributed by atoms with E-state index in [4.69, 9.17) is 15.7 Å². The molecule has 3 N–H and O–H groups in total. The van der Waals surface area contributed by atoms with Gasteiger partial charge < -0.3 is 16.0 Å². The van der Waals surface area contributed by atoms with Crippen LogP contribution in [0.5, 0.6) is 0 Å². The van der Waals surface area contributed by atoms with Crippen molar-refractivity contribution >= 4 is 29.2 Å². The monoisotopic (exact) mass is 495 g/mol. The van der Waals surface area contributed by atoms with Crippen LogP contribution in [0.4, 0.5) is 27.9 Å². The van der Waals surface area contributed by atoms with Gasteiger partial charge in [0, 0.05) is 38.3 Å². The molecule has 1 aromatic heterocycles. The van der Waals surface area contributed by atoms with E-state index in [0.29, 0.717) is 23.7 Å². The summed E-state index contributed by atoms with van der Waals surface area (Å²) in [6.45, 7) is 4.05. The second-order valence-corrected chi connectivity index (χ2v) is 10.3. The first-order valence-corrected chi connectivity index (χ1v) is 12.8. The number of benzene rings is 1. The highest BCUT2D eigenvalue weighted by Crippen LogP contribution is 2.36. The molecule has 0 atom stereocenters. The van der Waals surface area contributed by atoms with Gasteiger partial charge >= 0.3 is 6.03 Å². The highest BCUT2D eigenvalue weighted by atomic mass is 16.6. The van der Waals surface area contributed by atoms with E-state index in [2.05, 4.69) is 10.2 Å². The molecule has 1 fully saturated rings. The van der Waals surface area contributed by atoms with Crippen LogP contribution in [0.3, 0.4) is 0 Å². The number of amides is 2. The Morgan fingerprint density at radius 2 is 1.83 bits per heavy atom. The van der Waals surface area contributed by atoms with Crippen LogP contribution < -0.4 is 20.9 Å². The second kappa shape index (κ2) is 10.7. The van der Waals surface area contributed by atoms with Gasteiger partial charge in [0.15, 0.2) is 0 Å². The number of carbonyl (C=O) groups is 1. The molecule has 10 heteroatoms. The number of carbonyl (C=O) groups excluding carboxylic acids is 1. The van der Waals surface area contributed by atoms with Crippen molar-refractivity contribution in [1.82, 2.24) is 9.97 Å². The molecule has 0 spiro atoms. The molecule has 2 aliphatic rings. The number of nitrogens with two attached hydrogens (primary N) is 1. The maximum Gasteiger partial charge on any atom is 0.319 e. The Kier molecular flexibility index (Phi) is 7.61. The first kappa shape index (κ1) is 25.7. The molecular formula is C26H37N7O3. The largest absolute Gasteiger partial charge is 0.362 e. The Labute approximate surface area is 212 Å². The summed E-state index contributed by atoms with van der Waals surface area (Å²) in [5, 5.41) is 15.2. The number of primary amides is 1. The third-order valence-electron chi connectivity index (χ3n) is 7.62. The van der Waals surface area contributed by atoms with Gasteiger partial charge in [0.2, 0.25) is 5.95 Å². The molecule has 1 aromatic carbocycles. The second-order valence-electron chi connectivity index (χ2n) is 10.3. The van der Waals surface area contributed by atoms with E-state index in [1.165, 1.54) is 23.0 Å². The van der Waals surface area contributed by atoms with Crippen LogP contribution in [0.2, 0.25) is 0 Å². The smallest absolute Gasteiger partial charge is 0.319 e. The summed E-state index contributed by atoms with van der Waals surface area (Å²) in [5.41, 5.74) is 9.97. The van der Waals surface area contributed by atoms with Crippen molar-refractivity contribution in [3.63, 3.8) is 0 Å². The zero-order valence-electron chi connectivity index (χ0n) is 21.7. The van der Waals surface area contributed by atoms with Crippen molar-refractivity contribution in [3.8, 4) is 0 Å². The lowest BCUT2D eigenvalue weighted by Crippen LogP contribution is -2.41. The molecule has 2 amide bonds. The van der Waals surface area contributed by atoms with Crippen molar-refractivity contribution in [2.75, 3.05) is 35.8 Å². The SMILES string of the molecule is Cc1ccc([N+](=O)[O-])c(N(CC2CCC(Nc3nc4c(c(N(C)C)n3)CCCC4)CC2)C(N)=O)c1C. The lowest BCUT2D eigenvalue weighted by molar-refractivity contribution is -0.384. The van der Waals surface area contributed by atoms with Crippen LogP contribution in [0.1, 0.15) is 60.9 Å². The average molecular weight is 496 g/mol. The number of aryl methyl sites for hydroxylation is 2. The van der Waals surface area contributed by atoms with Gasteiger partial charge in [-0.05, 0) is 82.3 Å². The molecule has 0 unspecified atom stereocenters. The van der Waals surface area contributed by atoms with Gasteiger partial charge in [-0.2, -0.15) is 4.98 Å². The molecule has 0 aliphatic heterocycles. The number of anilines is 3. The van der Waals surface area contributed by atoms with Crippen LogP contribution in [0, 0.1) is 29.9 Å². The van der Waals surface area contributed by atoms with Crippen LogP contribution in [0.15, 0.2) is 12.1 Å². The fraction of sp³-hybridized carbons (Fsp3) is 0.577. The van der Waals surface area contributed by atoms with E-state index >= 15 is 0 Å². The Hall–Kier alpha value is -3.43. The molecule has 0 saturated heterocycles. The standard InChI is InChI=1S/C26H37N7O3/c1-16-9-14-22(33(35)36)23(17(16)2)32(25(27)34)15-18-10-12-19(13-11-18)28-26-29-21-8-6-5-7-20(21)24(30-26)31(3)4/h9,14,18-19H,5-8,10-13,15H2,1-4H3,(H2,27,34)(H,28,29,30). The van der Waals surface area contributed by atoms with E-state index in [9.17, 15) is 14.9 Å². The first-order chi connectivity index (χ1) is 17.2. The minimum atomic E-state index is -0.661. The van der Waals surface area contributed by atoms with Crippen molar-refractivity contribution in [1.29, 1.82) is 0 Å². The van der Waals surface area contributed by atoms with Gasteiger partial charge in [0.1, 0.15) is 11.5 Å². The molecule has 0 bridgehead atoms. The highest BCUT2D eigenvalue weighted by Gasteiger charge is 2.30. The molecular weight excluding hydrogens is 458 g/mol. The molecule has 1 heterocycles. The van der Waals surface area contributed by atoms with E-state index < -0.39 is 11.0 Å². The zero-order valence-corrected chi connectivity index (χ0v) is 21.7. The molecule has 194 valence electrons. The number of hydrogen-bond donors (Lipinski definition) is 2. The molecule has 2 aromatic rings. The number of nitro benzene ring substituents is 1. The summed E-state index contributed by atoms with van der Waals surface area (Å²) >= 11 is 0. The number of aromatic nitrogens is 2. The Morgan fingerprint density at radius 1 is 1.14 bits per heavy atom. The van der Waals surface area contributed by atoms with Gasteiger partial charge in [-0.25, -0.2) is 9.78 Å². The van der Waals surface area contributed by atoms with Crippen molar-refractivity contribution in [2.24, 2.45) is 11.7 Å². The van der Waals surface area contributed by atoms with Crippen LogP contribution in [-0.2, 0) is 12.8 Å². The minimum absolute atomic E-state index is 0.0893. The summed E-state index contributed by atoms with van der Waals surface area (Å²) < 4.78 is 0. The fourth-order valence-electron chi connectivity index (χ4n) is 5.51. The number of hydrogen-bond acceptors (Lipinski definition) is 7. The lowest BCUT2D eigenvalue weighted by Gasteiger charge is -2.33. The lowest BCUT2D eigenvalue weighted by atomic mass is 9.85. The number of urea groups is 1. The fourth-order valence-corrected chi connectivity index (χ4v) is 5.51. The number of rotatable bonds is 7. The summed E-state index contributed by atoms with van der Waals surface area (Å²) in [5.74, 6) is 1.90. The van der Waals surface area contributed by atoms with Gasteiger partial charge in [0.05, 0.1) is 10.6 Å². The van der Waals surface area contributed by atoms with Gasteiger partial charge in [-0.15, -0.1) is 0 Å². The predicted octanol–water partition coefficient (Wildman–Crippen LogP) is 4.50. The van der Waals surface area contributed by atoms with E-state index in [1.54, 1.807) is 13.0 Å². The van der Waals surface area contributed by atoms with Crippen molar-refractivity contribution in [3.05, 3.63) is 44.6 Å².